The van der Waals surface area contributed by atoms with E-state index in [1.165, 1.54) is 18.4 Å². The molecule has 5 heteroatoms. The summed E-state index contributed by atoms with van der Waals surface area (Å²) in [6.45, 7) is 4.94. The number of carbonyl (C=O) groups is 1. The maximum absolute atomic E-state index is 11.2. The molecule has 0 radical (unpaired) electrons. The number of hydrogen-bond donors (Lipinski definition) is 2. The van der Waals surface area contributed by atoms with Crippen molar-refractivity contribution >= 4 is 17.7 Å². The van der Waals surface area contributed by atoms with Gasteiger partial charge in [0.2, 0.25) is 0 Å². The van der Waals surface area contributed by atoms with Crippen molar-refractivity contribution in [3.05, 3.63) is 52.5 Å². The molecule has 2 aromatic rings. The number of halogens is 1. The topological polar surface area (TPSA) is 58.6 Å². The van der Waals surface area contributed by atoms with E-state index in [2.05, 4.69) is 25.2 Å². The standard InChI is InChI=1S/C22H24ClNO3/c1-22(2)11-15-9-14(5-7-18(15)20(22)24-21(25)26)17-8-6-16(10-19(17)23)27-12-13-3-4-13/h5-10,13,20,24H,3-4,11-12H2,1-2H3,(H,25,26)/t20-/m0/s1. The molecule has 0 aliphatic heterocycles. The molecule has 0 spiro atoms. The van der Waals surface area contributed by atoms with E-state index in [4.69, 9.17) is 21.4 Å². The lowest BCUT2D eigenvalue weighted by Gasteiger charge is -2.27. The van der Waals surface area contributed by atoms with Gasteiger partial charge in [-0.25, -0.2) is 4.79 Å². The quantitative estimate of drug-likeness (QED) is 0.695. The van der Waals surface area contributed by atoms with Crippen molar-refractivity contribution in [2.45, 2.75) is 39.2 Å². The lowest BCUT2D eigenvalue weighted by atomic mass is 9.85. The van der Waals surface area contributed by atoms with Crippen LogP contribution in [0.3, 0.4) is 0 Å². The van der Waals surface area contributed by atoms with Gasteiger partial charge in [0.25, 0.3) is 0 Å². The van der Waals surface area contributed by atoms with Crippen LogP contribution in [-0.4, -0.2) is 17.8 Å². The summed E-state index contributed by atoms with van der Waals surface area (Å²) in [6, 6.07) is 11.8. The van der Waals surface area contributed by atoms with Gasteiger partial charge in [-0.15, -0.1) is 0 Å². The van der Waals surface area contributed by atoms with Crippen molar-refractivity contribution in [2.24, 2.45) is 11.3 Å². The summed E-state index contributed by atoms with van der Waals surface area (Å²) in [5.41, 5.74) is 4.06. The largest absolute Gasteiger partial charge is 0.493 e. The third kappa shape index (κ3) is 3.77. The zero-order valence-electron chi connectivity index (χ0n) is 15.6. The molecule has 2 aromatic carbocycles. The molecule has 0 bridgehead atoms. The summed E-state index contributed by atoms with van der Waals surface area (Å²) < 4.78 is 5.81. The second-order valence-corrected chi connectivity index (χ2v) is 8.76. The molecule has 1 atom stereocenters. The van der Waals surface area contributed by atoms with E-state index in [0.29, 0.717) is 10.9 Å². The van der Waals surface area contributed by atoms with Gasteiger partial charge in [0, 0.05) is 5.56 Å². The molecule has 1 saturated carbocycles. The molecule has 2 N–H and O–H groups in total. The minimum absolute atomic E-state index is 0.163. The van der Waals surface area contributed by atoms with Crippen LogP contribution in [-0.2, 0) is 6.42 Å². The Hall–Kier alpha value is -2.20. The fourth-order valence-corrected chi connectivity index (χ4v) is 4.22. The van der Waals surface area contributed by atoms with E-state index < -0.39 is 6.09 Å². The zero-order chi connectivity index (χ0) is 19.2. The van der Waals surface area contributed by atoms with E-state index in [1.807, 2.05) is 30.3 Å². The number of rotatable bonds is 5. The lowest BCUT2D eigenvalue weighted by Crippen LogP contribution is -2.34. The molecule has 1 amide bonds. The number of amides is 1. The summed E-state index contributed by atoms with van der Waals surface area (Å²) in [6.07, 6.45) is 2.35. The lowest BCUT2D eigenvalue weighted by molar-refractivity contribution is 0.175. The predicted molar refractivity (Wildman–Crippen MR) is 106 cm³/mol. The molecule has 2 aliphatic carbocycles. The molecule has 0 heterocycles. The van der Waals surface area contributed by atoms with E-state index >= 15 is 0 Å². The average Bonchev–Trinajstić information content (AvgIpc) is 3.38. The highest BCUT2D eigenvalue weighted by atomic mass is 35.5. The molecule has 27 heavy (non-hydrogen) atoms. The maximum atomic E-state index is 11.2. The SMILES string of the molecule is CC1(C)Cc2cc(-c3ccc(OCC4CC4)cc3Cl)ccc2[C@@H]1NC(=O)O. The molecular weight excluding hydrogens is 362 g/mol. The summed E-state index contributed by atoms with van der Waals surface area (Å²) in [5.74, 6) is 1.51. The van der Waals surface area contributed by atoms with Crippen molar-refractivity contribution in [1.29, 1.82) is 0 Å². The van der Waals surface area contributed by atoms with Crippen molar-refractivity contribution in [3.8, 4) is 16.9 Å². The first-order valence-corrected chi connectivity index (χ1v) is 9.76. The monoisotopic (exact) mass is 385 g/mol. The smallest absolute Gasteiger partial charge is 0.405 e. The third-order valence-corrected chi connectivity index (χ3v) is 5.90. The second-order valence-electron chi connectivity index (χ2n) is 8.36. The highest BCUT2D eigenvalue weighted by molar-refractivity contribution is 6.33. The summed E-state index contributed by atoms with van der Waals surface area (Å²) in [7, 11) is 0. The number of carboxylic acid groups (broad SMARTS) is 1. The van der Waals surface area contributed by atoms with Crippen LogP contribution in [0.25, 0.3) is 11.1 Å². The van der Waals surface area contributed by atoms with Gasteiger partial charge in [-0.05, 0) is 65.5 Å². The van der Waals surface area contributed by atoms with Crippen LogP contribution in [0.4, 0.5) is 4.79 Å². The zero-order valence-corrected chi connectivity index (χ0v) is 16.3. The minimum Gasteiger partial charge on any atom is -0.493 e. The first kappa shape index (κ1) is 18.2. The minimum atomic E-state index is -0.991. The number of nitrogens with one attached hydrogen (secondary N) is 1. The molecule has 0 saturated heterocycles. The normalized spacial score (nSPS) is 20.2. The Bertz CT molecular complexity index is 889. The van der Waals surface area contributed by atoms with E-state index in [9.17, 15) is 4.79 Å². The molecule has 2 aliphatic rings. The van der Waals surface area contributed by atoms with Gasteiger partial charge in [0.1, 0.15) is 5.75 Å². The molecule has 0 aromatic heterocycles. The Balaban J connectivity index is 1.60. The fraction of sp³-hybridized carbons (Fsp3) is 0.409. The Labute approximate surface area is 164 Å². The van der Waals surface area contributed by atoms with Crippen LogP contribution >= 0.6 is 11.6 Å². The predicted octanol–water partition coefficient (Wildman–Crippen LogP) is 5.69. The fourth-order valence-electron chi connectivity index (χ4n) is 3.94. The summed E-state index contributed by atoms with van der Waals surface area (Å²) in [4.78, 5) is 11.2. The summed E-state index contributed by atoms with van der Waals surface area (Å²) >= 11 is 6.53. The molecule has 1 fully saturated rings. The van der Waals surface area contributed by atoms with Gasteiger partial charge < -0.3 is 15.2 Å². The van der Waals surface area contributed by atoms with Crippen LogP contribution in [0.15, 0.2) is 36.4 Å². The van der Waals surface area contributed by atoms with Gasteiger partial charge in [0.05, 0.1) is 17.7 Å². The molecule has 142 valence electrons. The highest BCUT2D eigenvalue weighted by Crippen LogP contribution is 2.46. The van der Waals surface area contributed by atoms with Crippen LogP contribution in [0.2, 0.25) is 5.02 Å². The van der Waals surface area contributed by atoms with Crippen LogP contribution in [0.5, 0.6) is 5.75 Å². The van der Waals surface area contributed by atoms with Crippen molar-refractivity contribution < 1.29 is 14.6 Å². The summed E-state index contributed by atoms with van der Waals surface area (Å²) in [5, 5.41) is 12.5. The third-order valence-electron chi connectivity index (χ3n) is 5.58. The van der Waals surface area contributed by atoms with Crippen molar-refractivity contribution in [1.82, 2.24) is 5.32 Å². The molecular formula is C22H24ClNO3. The average molecular weight is 386 g/mol. The van der Waals surface area contributed by atoms with Crippen molar-refractivity contribution in [3.63, 3.8) is 0 Å². The Kier molecular flexibility index (Phi) is 4.55. The number of benzene rings is 2. The van der Waals surface area contributed by atoms with Gasteiger partial charge in [-0.3, -0.25) is 0 Å². The van der Waals surface area contributed by atoms with Crippen LogP contribution < -0.4 is 10.1 Å². The Morgan fingerprint density at radius 2 is 2.04 bits per heavy atom. The maximum Gasteiger partial charge on any atom is 0.405 e. The van der Waals surface area contributed by atoms with Gasteiger partial charge >= 0.3 is 6.09 Å². The first-order chi connectivity index (χ1) is 12.8. The van der Waals surface area contributed by atoms with E-state index in [-0.39, 0.29) is 11.5 Å². The molecule has 0 unspecified atom stereocenters. The second kappa shape index (κ2) is 6.75. The van der Waals surface area contributed by atoms with Gasteiger partial charge in [0.15, 0.2) is 0 Å². The van der Waals surface area contributed by atoms with Gasteiger partial charge in [-0.2, -0.15) is 0 Å². The van der Waals surface area contributed by atoms with Crippen LogP contribution in [0.1, 0.15) is 43.9 Å². The van der Waals surface area contributed by atoms with Crippen LogP contribution in [0, 0.1) is 11.3 Å². The number of hydrogen-bond acceptors (Lipinski definition) is 2. The highest BCUT2D eigenvalue weighted by Gasteiger charge is 2.40. The van der Waals surface area contributed by atoms with E-state index in [0.717, 1.165) is 35.5 Å². The number of fused-ring (bicyclic) bond motifs is 1. The number of ether oxygens (including phenoxy) is 1. The Morgan fingerprint density at radius 1 is 1.26 bits per heavy atom. The first-order valence-electron chi connectivity index (χ1n) is 9.38. The molecule has 4 nitrogen and oxygen atoms in total. The van der Waals surface area contributed by atoms with Gasteiger partial charge in [-0.1, -0.05) is 43.6 Å². The van der Waals surface area contributed by atoms with Crippen molar-refractivity contribution in [2.75, 3.05) is 6.61 Å². The Morgan fingerprint density at radius 3 is 2.70 bits per heavy atom. The molecule has 4 rings (SSSR count). The van der Waals surface area contributed by atoms with E-state index in [1.54, 1.807) is 0 Å².